The van der Waals surface area contributed by atoms with Crippen molar-refractivity contribution in [2.45, 2.75) is 51.0 Å². The van der Waals surface area contributed by atoms with E-state index in [0.29, 0.717) is 6.04 Å². The van der Waals surface area contributed by atoms with E-state index in [0.717, 1.165) is 42.4 Å². The predicted molar refractivity (Wildman–Crippen MR) is 97.7 cm³/mol. The summed E-state index contributed by atoms with van der Waals surface area (Å²) < 4.78 is 1.02. The molecular weight excluding hydrogens is 352 g/mol. The molecule has 126 valence electrons. The molecule has 3 nitrogen and oxygen atoms in total. The fraction of sp³-hybridized carbons (Fsp3) is 0.632. The number of hydrogen-bond acceptors (Lipinski definition) is 2. The summed E-state index contributed by atoms with van der Waals surface area (Å²) in [5.74, 6) is 0.209. The molecule has 23 heavy (non-hydrogen) atoms. The first kappa shape index (κ1) is 17.0. The van der Waals surface area contributed by atoms with Crippen LogP contribution in [-0.4, -0.2) is 47.9 Å². The van der Waals surface area contributed by atoms with Crippen LogP contribution in [0.15, 0.2) is 28.7 Å². The predicted octanol–water partition coefficient (Wildman–Crippen LogP) is 4.32. The van der Waals surface area contributed by atoms with Gasteiger partial charge in [-0.3, -0.25) is 4.79 Å². The van der Waals surface area contributed by atoms with Crippen molar-refractivity contribution in [3.63, 3.8) is 0 Å². The van der Waals surface area contributed by atoms with E-state index in [2.05, 4.69) is 25.7 Å². The van der Waals surface area contributed by atoms with Crippen molar-refractivity contribution < 1.29 is 4.79 Å². The Morgan fingerprint density at radius 1 is 1.00 bits per heavy atom. The largest absolute Gasteiger partial charge is 0.336 e. The molecule has 0 bridgehead atoms. The van der Waals surface area contributed by atoms with E-state index in [4.69, 9.17) is 0 Å². The lowest BCUT2D eigenvalue weighted by Gasteiger charge is -2.37. The Morgan fingerprint density at radius 3 is 2.43 bits per heavy atom. The molecule has 0 spiro atoms. The first-order chi connectivity index (χ1) is 11.2. The molecule has 4 heteroatoms. The molecule has 0 radical (unpaired) electrons. The van der Waals surface area contributed by atoms with Gasteiger partial charge in [0.05, 0.1) is 0 Å². The highest BCUT2D eigenvalue weighted by atomic mass is 79.9. The van der Waals surface area contributed by atoms with Gasteiger partial charge in [-0.1, -0.05) is 22.4 Å². The second kappa shape index (κ2) is 8.29. The average molecular weight is 379 g/mol. The van der Waals surface area contributed by atoms with Crippen molar-refractivity contribution in [1.82, 2.24) is 9.80 Å². The van der Waals surface area contributed by atoms with Gasteiger partial charge >= 0.3 is 0 Å². The number of likely N-dealkylation sites (tertiary alicyclic amines) is 2. The maximum atomic E-state index is 12.9. The smallest absolute Gasteiger partial charge is 0.254 e. The Labute approximate surface area is 148 Å². The van der Waals surface area contributed by atoms with Crippen molar-refractivity contribution in [3.8, 4) is 0 Å². The van der Waals surface area contributed by atoms with E-state index in [1.807, 2.05) is 24.3 Å². The number of benzene rings is 1. The van der Waals surface area contributed by atoms with Crippen LogP contribution in [-0.2, 0) is 0 Å². The Hall–Kier alpha value is -0.870. The summed E-state index contributed by atoms with van der Waals surface area (Å²) in [6.07, 6.45) is 8.75. The molecule has 1 aromatic carbocycles. The van der Waals surface area contributed by atoms with Gasteiger partial charge in [0.25, 0.3) is 5.91 Å². The zero-order valence-corrected chi connectivity index (χ0v) is 15.4. The Balaban J connectivity index is 1.61. The minimum absolute atomic E-state index is 0.209. The van der Waals surface area contributed by atoms with Crippen LogP contribution in [0.5, 0.6) is 0 Å². The van der Waals surface area contributed by atoms with E-state index < -0.39 is 0 Å². The number of nitrogens with zero attached hydrogens (tertiary/aromatic N) is 2. The van der Waals surface area contributed by atoms with Crippen LogP contribution in [0.1, 0.15) is 55.3 Å². The molecule has 1 atom stereocenters. The van der Waals surface area contributed by atoms with Crippen LogP contribution in [0.2, 0.25) is 0 Å². The fourth-order valence-corrected chi connectivity index (χ4v) is 4.11. The number of carbonyl (C=O) groups is 1. The second-order valence-electron chi connectivity index (χ2n) is 6.85. The lowest BCUT2D eigenvalue weighted by Crippen LogP contribution is -2.45. The molecule has 2 aliphatic rings. The van der Waals surface area contributed by atoms with Crippen LogP contribution >= 0.6 is 15.9 Å². The minimum Gasteiger partial charge on any atom is -0.336 e. The van der Waals surface area contributed by atoms with E-state index in [1.165, 1.54) is 38.8 Å². The lowest BCUT2D eigenvalue weighted by atomic mass is 9.97. The number of amides is 1. The normalized spacial score (nSPS) is 23.0. The standard InChI is InChI=1S/C19H27BrN2O/c20-17-9-7-16(8-10-17)19(23)22-14-5-2-6-18(22)11-15-21-12-3-1-4-13-21/h7-10,18H,1-6,11-15H2/t18-/m0/s1. The van der Waals surface area contributed by atoms with Crippen LogP contribution in [0.25, 0.3) is 0 Å². The van der Waals surface area contributed by atoms with Crippen LogP contribution < -0.4 is 0 Å². The third-order valence-corrected chi connectivity index (χ3v) is 5.74. The number of carbonyl (C=O) groups excluding carboxylic acids is 1. The molecule has 0 N–H and O–H groups in total. The van der Waals surface area contributed by atoms with Gasteiger partial charge in [-0.15, -0.1) is 0 Å². The minimum atomic E-state index is 0.209. The van der Waals surface area contributed by atoms with Gasteiger partial charge in [-0.25, -0.2) is 0 Å². The first-order valence-electron chi connectivity index (χ1n) is 9.03. The third-order valence-electron chi connectivity index (χ3n) is 5.21. The molecule has 0 aromatic heterocycles. The second-order valence-corrected chi connectivity index (χ2v) is 7.76. The lowest BCUT2D eigenvalue weighted by molar-refractivity contribution is 0.0579. The molecule has 2 heterocycles. The van der Waals surface area contributed by atoms with E-state index in [9.17, 15) is 4.79 Å². The highest BCUT2D eigenvalue weighted by molar-refractivity contribution is 9.10. The molecule has 1 amide bonds. The van der Waals surface area contributed by atoms with Crippen LogP contribution in [0.3, 0.4) is 0 Å². The summed E-state index contributed by atoms with van der Waals surface area (Å²) >= 11 is 3.44. The van der Waals surface area contributed by atoms with Crippen LogP contribution in [0, 0.1) is 0 Å². The summed E-state index contributed by atoms with van der Waals surface area (Å²) in [6, 6.07) is 8.20. The van der Waals surface area contributed by atoms with Crippen molar-refractivity contribution in [2.24, 2.45) is 0 Å². The average Bonchev–Trinajstić information content (AvgIpc) is 2.61. The van der Waals surface area contributed by atoms with Crippen molar-refractivity contribution >= 4 is 21.8 Å². The molecular formula is C19H27BrN2O. The Morgan fingerprint density at radius 2 is 1.70 bits per heavy atom. The van der Waals surface area contributed by atoms with Crippen molar-refractivity contribution in [3.05, 3.63) is 34.3 Å². The highest BCUT2D eigenvalue weighted by Crippen LogP contribution is 2.23. The summed E-state index contributed by atoms with van der Waals surface area (Å²) in [4.78, 5) is 17.6. The molecule has 0 saturated carbocycles. The summed E-state index contributed by atoms with van der Waals surface area (Å²) in [6.45, 7) is 4.55. The van der Waals surface area contributed by atoms with Crippen molar-refractivity contribution in [2.75, 3.05) is 26.2 Å². The van der Waals surface area contributed by atoms with E-state index in [-0.39, 0.29) is 5.91 Å². The zero-order valence-electron chi connectivity index (χ0n) is 13.8. The van der Waals surface area contributed by atoms with Gasteiger partial charge in [0, 0.05) is 29.2 Å². The molecule has 2 aliphatic heterocycles. The van der Waals surface area contributed by atoms with Crippen LogP contribution in [0.4, 0.5) is 0 Å². The molecule has 0 aliphatic carbocycles. The van der Waals surface area contributed by atoms with Crippen molar-refractivity contribution in [1.29, 1.82) is 0 Å². The molecule has 1 aromatic rings. The van der Waals surface area contributed by atoms with Gasteiger partial charge in [0.1, 0.15) is 0 Å². The Bertz CT molecular complexity index is 511. The Kier molecular flexibility index (Phi) is 6.12. The van der Waals surface area contributed by atoms with Gasteiger partial charge in [-0.05, 0) is 75.9 Å². The zero-order chi connectivity index (χ0) is 16.1. The quantitative estimate of drug-likeness (QED) is 0.778. The van der Waals surface area contributed by atoms with Gasteiger partial charge in [-0.2, -0.15) is 0 Å². The summed E-state index contributed by atoms with van der Waals surface area (Å²) in [5, 5.41) is 0. The SMILES string of the molecule is O=C(c1ccc(Br)cc1)N1CCCC[C@H]1CCN1CCCCC1. The first-order valence-corrected chi connectivity index (χ1v) is 9.82. The number of hydrogen-bond donors (Lipinski definition) is 0. The summed E-state index contributed by atoms with van der Waals surface area (Å²) in [5.41, 5.74) is 0.818. The number of rotatable bonds is 4. The van der Waals surface area contributed by atoms with E-state index >= 15 is 0 Å². The van der Waals surface area contributed by atoms with E-state index in [1.54, 1.807) is 0 Å². The molecule has 0 unspecified atom stereocenters. The summed E-state index contributed by atoms with van der Waals surface area (Å²) in [7, 11) is 0. The van der Waals surface area contributed by atoms with Gasteiger partial charge in [0.2, 0.25) is 0 Å². The molecule has 2 fully saturated rings. The highest BCUT2D eigenvalue weighted by Gasteiger charge is 2.27. The number of halogens is 1. The van der Waals surface area contributed by atoms with Gasteiger partial charge in [0.15, 0.2) is 0 Å². The molecule has 2 saturated heterocycles. The van der Waals surface area contributed by atoms with Gasteiger partial charge < -0.3 is 9.80 Å². The fourth-order valence-electron chi connectivity index (χ4n) is 3.84. The topological polar surface area (TPSA) is 23.6 Å². The monoisotopic (exact) mass is 378 g/mol. The maximum Gasteiger partial charge on any atom is 0.254 e. The maximum absolute atomic E-state index is 12.9. The third kappa shape index (κ3) is 4.57. The molecule has 3 rings (SSSR count). The number of piperidine rings is 2.